The van der Waals surface area contributed by atoms with Gasteiger partial charge in [0, 0.05) is 44.0 Å². The Morgan fingerprint density at radius 1 is 1.04 bits per heavy atom. The van der Waals surface area contributed by atoms with Crippen LogP contribution in [0.5, 0.6) is 5.75 Å². The van der Waals surface area contributed by atoms with Crippen molar-refractivity contribution in [2.75, 3.05) is 38.2 Å². The second kappa shape index (κ2) is 8.47. The maximum absolute atomic E-state index is 12.4. The highest BCUT2D eigenvalue weighted by Gasteiger charge is 2.20. The van der Waals surface area contributed by atoms with E-state index in [4.69, 9.17) is 27.9 Å². The van der Waals surface area contributed by atoms with E-state index in [0.717, 1.165) is 30.1 Å². The lowest BCUT2D eigenvalue weighted by molar-refractivity contribution is -0.126. The number of anilines is 1. The maximum atomic E-state index is 12.4. The lowest BCUT2D eigenvalue weighted by Crippen LogP contribution is -2.48. The van der Waals surface area contributed by atoms with Crippen LogP contribution in [0.15, 0.2) is 48.5 Å². The minimum absolute atomic E-state index is 0.00126. The van der Waals surface area contributed by atoms with Crippen LogP contribution in [-0.4, -0.2) is 44.1 Å². The number of piperazine rings is 1. The summed E-state index contributed by atoms with van der Waals surface area (Å²) in [4.78, 5) is 16.5. The third kappa shape index (κ3) is 4.51. The number of carbonyl (C=O) groups is 1. The molecule has 1 saturated heterocycles. The molecule has 0 saturated carbocycles. The fourth-order valence-electron chi connectivity index (χ4n) is 2.88. The summed E-state index contributed by atoms with van der Waals surface area (Å²) in [7, 11) is 1.66. The van der Waals surface area contributed by atoms with Gasteiger partial charge in [-0.05, 0) is 35.9 Å². The second-order valence-corrected chi connectivity index (χ2v) is 6.84. The smallest absolute Gasteiger partial charge is 0.246 e. The highest BCUT2D eigenvalue weighted by molar-refractivity contribution is 6.42. The predicted octanol–water partition coefficient (Wildman–Crippen LogP) is 4.36. The van der Waals surface area contributed by atoms with E-state index >= 15 is 0 Å². The Hall–Kier alpha value is -2.17. The van der Waals surface area contributed by atoms with Gasteiger partial charge in [-0.3, -0.25) is 4.79 Å². The van der Waals surface area contributed by atoms with Gasteiger partial charge in [-0.25, -0.2) is 0 Å². The van der Waals surface area contributed by atoms with Crippen LogP contribution < -0.4 is 9.64 Å². The molecule has 1 fully saturated rings. The van der Waals surface area contributed by atoms with Gasteiger partial charge in [0.1, 0.15) is 5.75 Å². The molecule has 4 nitrogen and oxygen atoms in total. The lowest BCUT2D eigenvalue weighted by Gasteiger charge is -2.35. The predicted molar refractivity (Wildman–Crippen MR) is 107 cm³/mol. The molecule has 26 heavy (non-hydrogen) atoms. The minimum Gasteiger partial charge on any atom is -0.497 e. The van der Waals surface area contributed by atoms with Gasteiger partial charge in [0.2, 0.25) is 5.91 Å². The molecule has 1 aliphatic heterocycles. The number of benzene rings is 2. The van der Waals surface area contributed by atoms with Gasteiger partial charge < -0.3 is 14.5 Å². The highest BCUT2D eigenvalue weighted by atomic mass is 35.5. The Kier molecular flexibility index (Phi) is 6.07. The average Bonchev–Trinajstić information content (AvgIpc) is 2.69. The maximum Gasteiger partial charge on any atom is 0.246 e. The van der Waals surface area contributed by atoms with Gasteiger partial charge in [0.05, 0.1) is 17.2 Å². The molecule has 0 atom stereocenters. The van der Waals surface area contributed by atoms with E-state index in [-0.39, 0.29) is 5.91 Å². The summed E-state index contributed by atoms with van der Waals surface area (Å²) in [5.41, 5.74) is 1.96. The van der Waals surface area contributed by atoms with Crippen molar-refractivity contribution in [2.24, 2.45) is 0 Å². The van der Waals surface area contributed by atoms with Gasteiger partial charge in [-0.1, -0.05) is 35.3 Å². The summed E-state index contributed by atoms with van der Waals surface area (Å²) in [5, 5.41) is 0.983. The zero-order valence-electron chi connectivity index (χ0n) is 14.5. The van der Waals surface area contributed by atoms with Crippen molar-refractivity contribution in [3.63, 3.8) is 0 Å². The van der Waals surface area contributed by atoms with Crippen molar-refractivity contribution in [1.82, 2.24) is 4.90 Å². The first-order chi connectivity index (χ1) is 12.6. The topological polar surface area (TPSA) is 32.8 Å². The number of hydrogen-bond donors (Lipinski definition) is 0. The summed E-state index contributed by atoms with van der Waals surface area (Å²) < 4.78 is 5.28. The fourth-order valence-corrected chi connectivity index (χ4v) is 3.19. The molecular weight excluding hydrogens is 371 g/mol. The Morgan fingerprint density at radius 2 is 1.81 bits per heavy atom. The molecule has 0 bridgehead atoms. The van der Waals surface area contributed by atoms with Crippen LogP contribution in [0, 0.1) is 0 Å². The number of ether oxygens (including phenoxy) is 1. The molecule has 0 aromatic heterocycles. The summed E-state index contributed by atoms with van der Waals surface area (Å²) in [6, 6.07) is 13.3. The largest absolute Gasteiger partial charge is 0.497 e. The number of amides is 1. The Labute approximate surface area is 163 Å². The van der Waals surface area contributed by atoms with Gasteiger partial charge in [-0.2, -0.15) is 0 Å². The van der Waals surface area contributed by atoms with E-state index < -0.39 is 0 Å². The zero-order valence-corrected chi connectivity index (χ0v) is 16.0. The SMILES string of the molecule is COc1cccc(N2CCN(C(=O)/C=C/c3ccc(Cl)c(Cl)c3)CC2)c1. The van der Waals surface area contributed by atoms with Crippen LogP contribution in [0.1, 0.15) is 5.56 Å². The fraction of sp³-hybridized carbons (Fsp3) is 0.250. The molecule has 0 aliphatic carbocycles. The van der Waals surface area contributed by atoms with Crippen LogP contribution in [0.25, 0.3) is 6.08 Å². The normalized spacial score (nSPS) is 14.7. The first kappa shape index (κ1) is 18.6. The van der Waals surface area contributed by atoms with Crippen LogP contribution >= 0.6 is 23.2 Å². The van der Waals surface area contributed by atoms with Gasteiger partial charge >= 0.3 is 0 Å². The molecular formula is C20H20Cl2N2O2. The van der Waals surface area contributed by atoms with E-state index in [2.05, 4.69) is 11.0 Å². The minimum atomic E-state index is 0.00126. The van der Waals surface area contributed by atoms with Crippen molar-refractivity contribution in [1.29, 1.82) is 0 Å². The third-order valence-corrected chi connectivity index (χ3v) is 5.11. The van der Waals surface area contributed by atoms with Crippen molar-refractivity contribution in [3.05, 3.63) is 64.1 Å². The molecule has 3 rings (SSSR count). The van der Waals surface area contributed by atoms with Crippen LogP contribution in [-0.2, 0) is 4.79 Å². The molecule has 1 aliphatic rings. The Morgan fingerprint density at radius 3 is 2.50 bits per heavy atom. The van der Waals surface area contributed by atoms with E-state index in [1.165, 1.54) is 0 Å². The number of rotatable bonds is 4. The number of carbonyl (C=O) groups excluding carboxylic acids is 1. The third-order valence-electron chi connectivity index (χ3n) is 4.37. The molecule has 136 valence electrons. The summed E-state index contributed by atoms with van der Waals surface area (Å²) >= 11 is 11.9. The van der Waals surface area contributed by atoms with Gasteiger partial charge in [-0.15, -0.1) is 0 Å². The number of hydrogen-bond acceptors (Lipinski definition) is 3. The molecule has 1 amide bonds. The number of halogens is 2. The molecule has 2 aromatic rings. The van der Waals surface area contributed by atoms with E-state index in [1.54, 1.807) is 31.4 Å². The molecule has 6 heteroatoms. The monoisotopic (exact) mass is 390 g/mol. The molecule has 0 spiro atoms. The van der Waals surface area contributed by atoms with Crippen LogP contribution in [0.2, 0.25) is 10.0 Å². The van der Waals surface area contributed by atoms with Crippen molar-refractivity contribution < 1.29 is 9.53 Å². The van der Waals surface area contributed by atoms with Crippen molar-refractivity contribution in [3.8, 4) is 5.75 Å². The molecule has 0 unspecified atom stereocenters. The highest BCUT2D eigenvalue weighted by Crippen LogP contribution is 2.24. The molecule has 2 aromatic carbocycles. The van der Waals surface area contributed by atoms with E-state index in [1.807, 2.05) is 29.2 Å². The summed E-state index contributed by atoms with van der Waals surface area (Å²) in [6.45, 7) is 2.95. The van der Waals surface area contributed by atoms with Crippen molar-refractivity contribution >= 4 is 40.9 Å². The first-order valence-corrected chi connectivity index (χ1v) is 9.13. The van der Waals surface area contributed by atoms with Crippen LogP contribution in [0.3, 0.4) is 0 Å². The molecule has 0 radical (unpaired) electrons. The lowest BCUT2D eigenvalue weighted by atomic mass is 10.2. The van der Waals surface area contributed by atoms with E-state index in [0.29, 0.717) is 23.1 Å². The van der Waals surface area contributed by atoms with Gasteiger partial charge in [0.25, 0.3) is 0 Å². The van der Waals surface area contributed by atoms with E-state index in [9.17, 15) is 4.79 Å². The number of methoxy groups -OCH3 is 1. The Balaban J connectivity index is 1.57. The standard InChI is InChI=1S/C20H20Cl2N2O2/c1-26-17-4-2-3-16(14-17)23-9-11-24(12-10-23)20(25)8-6-15-5-7-18(21)19(22)13-15/h2-8,13-14H,9-12H2,1H3/b8-6+. The zero-order chi connectivity index (χ0) is 18.5. The average molecular weight is 391 g/mol. The second-order valence-electron chi connectivity index (χ2n) is 6.02. The van der Waals surface area contributed by atoms with Crippen LogP contribution in [0.4, 0.5) is 5.69 Å². The summed E-state index contributed by atoms with van der Waals surface area (Å²) in [6.07, 6.45) is 3.35. The van der Waals surface area contributed by atoms with Gasteiger partial charge in [0.15, 0.2) is 0 Å². The summed E-state index contributed by atoms with van der Waals surface area (Å²) in [5.74, 6) is 0.840. The van der Waals surface area contributed by atoms with Crippen molar-refractivity contribution in [2.45, 2.75) is 0 Å². The number of nitrogens with zero attached hydrogens (tertiary/aromatic N) is 2. The molecule has 0 N–H and O–H groups in total. The quantitative estimate of drug-likeness (QED) is 0.726. The first-order valence-electron chi connectivity index (χ1n) is 8.38. The molecule has 1 heterocycles. The Bertz CT molecular complexity index is 815.